The topological polar surface area (TPSA) is 76.3 Å². The lowest BCUT2D eigenvalue weighted by atomic mass is 10.1. The maximum absolute atomic E-state index is 11.8. The Balaban J connectivity index is 2.35. The Bertz CT molecular complexity index is 466. The maximum Gasteiger partial charge on any atom is 0.387 e. The summed E-state index contributed by atoms with van der Waals surface area (Å²) in [6.45, 7) is 0.467. The maximum atomic E-state index is 11.8. The van der Waals surface area contributed by atoms with Gasteiger partial charge in [-0.05, 0) is 33.7 Å². The molecule has 7 heteroatoms. The predicted octanol–water partition coefficient (Wildman–Crippen LogP) is 1.27. The fourth-order valence-corrected chi connectivity index (χ4v) is 2.12. The predicted molar refractivity (Wildman–Crippen MR) is 65.2 cm³/mol. The lowest BCUT2D eigenvalue weighted by molar-refractivity contribution is -0.388. The van der Waals surface area contributed by atoms with Gasteiger partial charge in [0.25, 0.3) is 0 Å². The number of aromatic nitrogens is 1. The van der Waals surface area contributed by atoms with Gasteiger partial charge in [0, 0.05) is 13.0 Å². The van der Waals surface area contributed by atoms with E-state index >= 15 is 0 Å². The first kappa shape index (κ1) is 11.8. The first-order valence-electron chi connectivity index (χ1n) is 5.14. The monoisotopic (exact) mass is 253 g/mol. The zero-order valence-electron chi connectivity index (χ0n) is 8.94. The van der Waals surface area contributed by atoms with Crippen molar-refractivity contribution < 1.29 is 9.72 Å². The van der Waals surface area contributed by atoms with Gasteiger partial charge >= 0.3 is 5.82 Å². The Morgan fingerprint density at radius 2 is 2.41 bits per heavy atom. The van der Waals surface area contributed by atoms with Gasteiger partial charge in [0.2, 0.25) is 5.91 Å². The van der Waals surface area contributed by atoms with Crippen LogP contribution in [0.4, 0.5) is 11.5 Å². The van der Waals surface area contributed by atoms with Crippen molar-refractivity contribution in [2.24, 2.45) is 5.92 Å². The van der Waals surface area contributed by atoms with E-state index in [1.807, 2.05) is 0 Å². The van der Waals surface area contributed by atoms with E-state index in [2.05, 4.69) is 17.6 Å². The van der Waals surface area contributed by atoms with Crippen LogP contribution in [0.3, 0.4) is 0 Å². The van der Waals surface area contributed by atoms with E-state index in [0.29, 0.717) is 18.7 Å². The molecule has 17 heavy (non-hydrogen) atoms. The van der Waals surface area contributed by atoms with E-state index in [0.717, 1.165) is 0 Å². The van der Waals surface area contributed by atoms with Crippen molar-refractivity contribution in [3.8, 4) is 0 Å². The number of hydrogen-bond acceptors (Lipinski definition) is 5. The second-order valence-corrected chi connectivity index (χ2v) is 4.23. The Labute approximate surface area is 103 Å². The van der Waals surface area contributed by atoms with Crippen molar-refractivity contribution in [1.82, 2.24) is 4.98 Å². The molecule has 6 nitrogen and oxygen atoms in total. The third kappa shape index (κ3) is 2.23. The van der Waals surface area contributed by atoms with Crippen LogP contribution in [-0.2, 0) is 4.79 Å². The molecule has 2 heterocycles. The van der Waals surface area contributed by atoms with Crippen LogP contribution < -0.4 is 4.90 Å². The van der Waals surface area contributed by atoms with Crippen molar-refractivity contribution >= 4 is 30.0 Å². The molecule has 1 aliphatic heterocycles. The average Bonchev–Trinajstić information content (AvgIpc) is 2.70. The van der Waals surface area contributed by atoms with Crippen LogP contribution in [0.5, 0.6) is 0 Å². The highest BCUT2D eigenvalue weighted by molar-refractivity contribution is 7.80. The second kappa shape index (κ2) is 4.70. The lowest BCUT2D eigenvalue weighted by Crippen LogP contribution is -2.25. The van der Waals surface area contributed by atoms with E-state index in [4.69, 9.17) is 0 Å². The summed E-state index contributed by atoms with van der Waals surface area (Å²) in [5.74, 6) is 0.350. The lowest BCUT2D eigenvalue weighted by Gasteiger charge is -2.15. The smallest absolute Gasteiger partial charge is 0.358 e. The Kier molecular flexibility index (Phi) is 3.28. The zero-order valence-corrected chi connectivity index (χ0v) is 9.84. The molecule has 90 valence electrons. The Hall–Kier alpha value is -1.63. The minimum absolute atomic E-state index is 0.111. The van der Waals surface area contributed by atoms with E-state index in [1.165, 1.54) is 11.1 Å². The normalized spacial score (nSPS) is 19.7. The number of nitro groups is 1. The average molecular weight is 253 g/mol. The highest BCUT2D eigenvalue weighted by Crippen LogP contribution is 2.31. The quantitative estimate of drug-likeness (QED) is 0.500. The van der Waals surface area contributed by atoms with Crippen LogP contribution in [0.2, 0.25) is 0 Å². The summed E-state index contributed by atoms with van der Waals surface area (Å²) in [4.78, 5) is 27.1. The first-order chi connectivity index (χ1) is 8.13. The number of pyridine rings is 1. The minimum atomic E-state index is -0.573. The van der Waals surface area contributed by atoms with Crippen LogP contribution in [0.15, 0.2) is 18.3 Å². The fraction of sp³-hybridized carbons (Fsp3) is 0.400. The molecule has 1 saturated heterocycles. The first-order valence-corrected chi connectivity index (χ1v) is 5.77. The molecular weight excluding hydrogens is 242 g/mol. The third-order valence-electron chi connectivity index (χ3n) is 2.69. The summed E-state index contributed by atoms with van der Waals surface area (Å²) >= 11 is 4.15. The molecule has 0 aromatic carbocycles. The van der Waals surface area contributed by atoms with Gasteiger partial charge in [-0.25, -0.2) is 0 Å². The summed E-state index contributed by atoms with van der Waals surface area (Å²) in [6.07, 6.45) is 1.73. The zero-order chi connectivity index (χ0) is 12.4. The summed E-state index contributed by atoms with van der Waals surface area (Å²) < 4.78 is 0. The molecule has 1 aliphatic rings. The number of hydrogen-bond donors (Lipinski definition) is 1. The molecule has 0 saturated carbocycles. The van der Waals surface area contributed by atoms with Gasteiger partial charge in [-0.1, -0.05) is 0 Å². The number of anilines is 1. The van der Waals surface area contributed by atoms with E-state index in [1.54, 1.807) is 12.1 Å². The van der Waals surface area contributed by atoms with Gasteiger partial charge in [-0.15, -0.1) is 0 Å². The number of carbonyl (C=O) groups is 1. The molecular formula is C10H11N3O3S. The number of rotatable bonds is 3. The molecule has 0 radical (unpaired) electrons. The number of amides is 1. The molecule has 0 N–H and O–H groups in total. The van der Waals surface area contributed by atoms with Crippen molar-refractivity contribution in [1.29, 1.82) is 0 Å². The fourth-order valence-electron chi connectivity index (χ4n) is 1.88. The molecule has 1 aromatic rings. The third-order valence-corrected chi connectivity index (χ3v) is 3.21. The Morgan fingerprint density at radius 1 is 1.65 bits per heavy atom. The van der Waals surface area contributed by atoms with Gasteiger partial charge in [-0.3, -0.25) is 4.79 Å². The molecule has 2 rings (SSSR count). The van der Waals surface area contributed by atoms with Gasteiger partial charge in [0.1, 0.15) is 11.9 Å². The number of thiol groups is 1. The van der Waals surface area contributed by atoms with Crippen LogP contribution in [-0.4, -0.2) is 28.1 Å². The molecule has 0 bridgehead atoms. The molecule has 0 aliphatic carbocycles. The molecule has 0 spiro atoms. The summed E-state index contributed by atoms with van der Waals surface area (Å²) in [6, 6.07) is 3.13. The summed E-state index contributed by atoms with van der Waals surface area (Å²) in [5.41, 5.74) is 0.270. The molecule has 1 unspecified atom stereocenters. The van der Waals surface area contributed by atoms with Crippen molar-refractivity contribution in [2.45, 2.75) is 6.42 Å². The van der Waals surface area contributed by atoms with Crippen LogP contribution >= 0.6 is 12.6 Å². The molecule has 1 aromatic heterocycles. The van der Waals surface area contributed by atoms with Gasteiger partial charge in [0.05, 0.1) is 0 Å². The van der Waals surface area contributed by atoms with E-state index in [-0.39, 0.29) is 23.3 Å². The van der Waals surface area contributed by atoms with Crippen molar-refractivity contribution in [2.75, 3.05) is 17.2 Å². The summed E-state index contributed by atoms with van der Waals surface area (Å²) in [7, 11) is 0. The largest absolute Gasteiger partial charge is 0.387 e. The molecule has 1 amide bonds. The second-order valence-electron chi connectivity index (χ2n) is 3.86. The van der Waals surface area contributed by atoms with Gasteiger partial charge < -0.3 is 15.0 Å². The SMILES string of the molecule is O=C1CC(CS)CN1c1cccnc1[N+](=O)[O-]. The van der Waals surface area contributed by atoms with Crippen LogP contribution in [0.25, 0.3) is 0 Å². The van der Waals surface area contributed by atoms with Crippen LogP contribution in [0.1, 0.15) is 6.42 Å². The van der Waals surface area contributed by atoms with Gasteiger partial charge in [0.15, 0.2) is 0 Å². The van der Waals surface area contributed by atoms with Gasteiger partial charge in [-0.2, -0.15) is 12.6 Å². The Morgan fingerprint density at radius 3 is 3.00 bits per heavy atom. The van der Waals surface area contributed by atoms with E-state index < -0.39 is 4.92 Å². The van der Waals surface area contributed by atoms with Crippen LogP contribution in [0, 0.1) is 16.0 Å². The summed E-state index contributed by atoms with van der Waals surface area (Å²) in [5, 5.41) is 10.8. The van der Waals surface area contributed by atoms with E-state index in [9.17, 15) is 14.9 Å². The standard InChI is InChI=1S/C10H11N3O3S/c14-9-4-7(6-17)5-12(9)8-2-1-3-11-10(8)13(15)16/h1-3,7,17H,4-6H2. The molecule has 1 fully saturated rings. The molecule has 1 atom stereocenters. The minimum Gasteiger partial charge on any atom is -0.358 e. The number of carbonyl (C=O) groups excluding carboxylic acids is 1. The van der Waals surface area contributed by atoms with Crippen molar-refractivity contribution in [3.05, 3.63) is 28.4 Å². The highest BCUT2D eigenvalue weighted by atomic mass is 32.1. The van der Waals surface area contributed by atoms with Crippen molar-refractivity contribution in [3.63, 3.8) is 0 Å². The number of nitrogens with zero attached hydrogens (tertiary/aromatic N) is 3. The highest BCUT2D eigenvalue weighted by Gasteiger charge is 2.33.